The highest BCUT2D eigenvalue weighted by atomic mass is 32.2. The highest BCUT2D eigenvalue weighted by Gasteiger charge is 2.36. The molecule has 0 radical (unpaired) electrons. The minimum absolute atomic E-state index is 0.243. The molecular weight excluding hydrogens is 262 g/mol. The molecule has 4 nitrogen and oxygen atoms in total. The first-order valence-electron chi connectivity index (χ1n) is 5.79. The van der Waals surface area contributed by atoms with Crippen molar-refractivity contribution in [3.63, 3.8) is 0 Å². The molecule has 3 N–H and O–H groups in total. The average Bonchev–Trinajstić information content (AvgIpc) is 2.82. The summed E-state index contributed by atoms with van der Waals surface area (Å²) in [5, 5.41) is 9.42. The van der Waals surface area contributed by atoms with E-state index >= 15 is 0 Å². The molecule has 0 aliphatic carbocycles. The van der Waals surface area contributed by atoms with Gasteiger partial charge in [-0.2, -0.15) is 0 Å². The third-order valence-corrected chi connectivity index (χ3v) is 4.27. The molecule has 2 rings (SSSR count). The van der Waals surface area contributed by atoms with Gasteiger partial charge in [0.15, 0.2) is 0 Å². The normalized spacial score (nSPS) is 14.0. The van der Waals surface area contributed by atoms with Crippen molar-refractivity contribution < 1.29 is 14.3 Å². The number of hydrogen-bond acceptors (Lipinski definition) is 4. The van der Waals surface area contributed by atoms with E-state index in [9.17, 15) is 9.90 Å². The second kappa shape index (κ2) is 5.50. The van der Waals surface area contributed by atoms with Crippen molar-refractivity contribution in [1.29, 1.82) is 0 Å². The van der Waals surface area contributed by atoms with E-state index in [4.69, 9.17) is 10.2 Å². The minimum atomic E-state index is -1.41. The number of carbonyl (C=O) groups is 1. The maximum absolute atomic E-state index is 11.5. The van der Waals surface area contributed by atoms with E-state index in [-0.39, 0.29) is 5.75 Å². The van der Waals surface area contributed by atoms with Gasteiger partial charge >= 0.3 is 5.97 Å². The summed E-state index contributed by atoms with van der Waals surface area (Å²) in [5.41, 5.74) is 5.26. The Kier molecular flexibility index (Phi) is 3.97. The van der Waals surface area contributed by atoms with Gasteiger partial charge in [0.2, 0.25) is 0 Å². The monoisotopic (exact) mass is 277 g/mol. The van der Waals surface area contributed by atoms with Crippen LogP contribution in [0.2, 0.25) is 0 Å². The summed E-state index contributed by atoms with van der Waals surface area (Å²) in [6.07, 6.45) is 1.58. The van der Waals surface area contributed by atoms with Gasteiger partial charge in [-0.05, 0) is 18.6 Å². The molecule has 1 heterocycles. The van der Waals surface area contributed by atoms with Crippen molar-refractivity contribution in [2.24, 2.45) is 5.73 Å². The largest absolute Gasteiger partial charge is 0.480 e. The molecule has 0 bridgehead atoms. The molecule has 1 unspecified atom stereocenters. The maximum atomic E-state index is 11.5. The zero-order valence-electron chi connectivity index (χ0n) is 10.5. The van der Waals surface area contributed by atoms with Crippen molar-refractivity contribution in [1.82, 2.24) is 0 Å². The van der Waals surface area contributed by atoms with Crippen LogP contribution in [0, 0.1) is 6.92 Å². The summed E-state index contributed by atoms with van der Waals surface area (Å²) in [4.78, 5) is 12.4. The Morgan fingerprint density at radius 1 is 1.37 bits per heavy atom. The lowest BCUT2D eigenvalue weighted by Crippen LogP contribution is -2.47. The number of nitrogens with two attached hydrogens (primary N) is 1. The summed E-state index contributed by atoms with van der Waals surface area (Å²) in [6, 6.07) is 10.7. The van der Waals surface area contributed by atoms with E-state index in [0.29, 0.717) is 5.56 Å². The molecule has 0 amide bonds. The number of aliphatic carboxylic acids is 1. The Morgan fingerprint density at radius 2 is 2.05 bits per heavy atom. The summed E-state index contributed by atoms with van der Waals surface area (Å²) >= 11 is 1.38. The van der Waals surface area contributed by atoms with Crippen LogP contribution in [0.25, 0.3) is 0 Å². The molecule has 100 valence electrons. The van der Waals surface area contributed by atoms with E-state index in [1.807, 2.05) is 19.1 Å². The molecule has 1 atom stereocenters. The van der Waals surface area contributed by atoms with Crippen LogP contribution in [0.1, 0.15) is 11.3 Å². The zero-order valence-corrected chi connectivity index (χ0v) is 11.3. The number of benzene rings is 1. The van der Waals surface area contributed by atoms with Crippen LogP contribution in [0.4, 0.5) is 0 Å². The molecule has 0 aliphatic heterocycles. The Hall–Kier alpha value is -1.72. The highest BCUT2D eigenvalue weighted by Crippen LogP contribution is 2.30. The number of thioether (sulfide) groups is 1. The third kappa shape index (κ3) is 2.83. The van der Waals surface area contributed by atoms with E-state index in [1.54, 1.807) is 30.5 Å². The molecule has 0 aliphatic rings. The van der Waals surface area contributed by atoms with Gasteiger partial charge in [-0.1, -0.05) is 30.3 Å². The van der Waals surface area contributed by atoms with Crippen LogP contribution >= 0.6 is 11.8 Å². The number of hydrogen-bond donors (Lipinski definition) is 2. The van der Waals surface area contributed by atoms with Crippen LogP contribution in [0.5, 0.6) is 0 Å². The first-order valence-corrected chi connectivity index (χ1v) is 6.77. The average molecular weight is 277 g/mol. The van der Waals surface area contributed by atoms with Crippen LogP contribution in [0.15, 0.2) is 52.0 Å². The maximum Gasteiger partial charge on any atom is 0.329 e. The third-order valence-electron chi connectivity index (χ3n) is 2.94. The lowest BCUT2D eigenvalue weighted by atomic mass is 9.93. The number of aryl methyl sites for hydroxylation is 1. The Bertz CT molecular complexity index is 567. The lowest BCUT2D eigenvalue weighted by Gasteiger charge is -2.24. The molecule has 0 fully saturated rings. The summed E-state index contributed by atoms with van der Waals surface area (Å²) in [6.45, 7) is 1.84. The predicted octanol–water partition coefficient (Wildman–Crippen LogP) is 2.62. The van der Waals surface area contributed by atoms with Gasteiger partial charge in [0.25, 0.3) is 0 Å². The van der Waals surface area contributed by atoms with Crippen molar-refractivity contribution in [3.05, 3.63) is 54.0 Å². The molecule has 0 spiro atoms. The number of rotatable bonds is 5. The predicted molar refractivity (Wildman–Crippen MR) is 74.1 cm³/mol. The standard InChI is InChI=1S/C14H15NO3S/c1-10-12(7-8-18-10)19-9-14(15,13(16)17)11-5-3-2-4-6-11/h2-8H,9,15H2,1H3,(H,16,17). The fourth-order valence-corrected chi connectivity index (χ4v) is 2.80. The van der Waals surface area contributed by atoms with E-state index in [1.165, 1.54) is 11.8 Å². The molecule has 2 aromatic rings. The van der Waals surface area contributed by atoms with Gasteiger partial charge in [0, 0.05) is 10.6 Å². The van der Waals surface area contributed by atoms with Crippen molar-refractivity contribution in [3.8, 4) is 0 Å². The van der Waals surface area contributed by atoms with Gasteiger partial charge in [-0.15, -0.1) is 11.8 Å². The van der Waals surface area contributed by atoms with Crippen LogP contribution in [-0.2, 0) is 10.3 Å². The molecular formula is C14H15NO3S. The second-order valence-corrected chi connectivity index (χ2v) is 5.29. The Balaban J connectivity index is 2.22. The summed E-state index contributed by atoms with van der Waals surface area (Å²) < 4.78 is 5.19. The van der Waals surface area contributed by atoms with Crippen molar-refractivity contribution in [2.45, 2.75) is 17.4 Å². The fourth-order valence-electron chi connectivity index (χ4n) is 1.72. The highest BCUT2D eigenvalue weighted by molar-refractivity contribution is 7.99. The Morgan fingerprint density at radius 3 is 2.58 bits per heavy atom. The number of carboxylic acids is 1. The smallest absolute Gasteiger partial charge is 0.329 e. The fraction of sp³-hybridized carbons (Fsp3) is 0.214. The molecule has 1 aromatic carbocycles. The molecule has 1 aromatic heterocycles. The molecule has 5 heteroatoms. The van der Waals surface area contributed by atoms with E-state index < -0.39 is 11.5 Å². The molecule has 0 saturated carbocycles. The summed E-state index contributed by atoms with van der Waals surface area (Å²) in [5.74, 6) is -0.0228. The first-order chi connectivity index (χ1) is 9.04. The SMILES string of the molecule is Cc1occc1SCC(N)(C(=O)O)c1ccccc1. The molecule has 0 saturated heterocycles. The van der Waals surface area contributed by atoms with E-state index in [0.717, 1.165) is 10.7 Å². The molecule has 19 heavy (non-hydrogen) atoms. The van der Waals surface area contributed by atoms with Gasteiger partial charge in [0.05, 0.1) is 6.26 Å². The van der Waals surface area contributed by atoms with Crippen LogP contribution in [-0.4, -0.2) is 16.8 Å². The van der Waals surface area contributed by atoms with Gasteiger partial charge < -0.3 is 15.3 Å². The van der Waals surface area contributed by atoms with Gasteiger partial charge in [-0.25, -0.2) is 4.79 Å². The number of furan rings is 1. The summed E-state index contributed by atoms with van der Waals surface area (Å²) in [7, 11) is 0. The van der Waals surface area contributed by atoms with Crippen molar-refractivity contribution >= 4 is 17.7 Å². The van der Waals surface area contributed by atoms with Gasteiger partial charge in [0.1, 0.15) is 11.3 Å². The minimum Gasteiger partial charge on any atom is -0.480 e. The van der Waals surface area contributed by atoms with Crippen LogP contribution in [0.3, 0.4) is 0 Å². The van der Waals surface area contributed by atoms with Gasteiger partial charge in [-0.3, -0.25) is 0 Å². The van der Waals surface area contributed by atoms with Crippen molar-refractivity contribution in [2.75, 3.05) is 5.75 Å². The zero-order chi connectivity index (χ0) is 13.9. The Labute approximate surface area is 115 Å². The number of carboxylic acid groups (broad SMARTS) is 1. The topological polar surface area (TPSA) is 76.5 Å². The first kappa shape index (κ1) is 13.7. The lowest BCUT2D eigenvalue weighted by molar-refractivity contribution is -0.142. The van der Waals surface area contributed by atoms with Crippen LogP contribution < -0.4 is 5.73 Å². The quantitative estimate of drug-likeness (QED) is 0.822. The second-order valence-electron chi connectivity index (χ2n) is 4.27. The van der Waals surface area contributed by atoms with E-state index in [2.05, 4.69) is 0 Å².